The number of para-hydroxylation sites is 1. The molecule has 0 aliphatic carbocycles. The third kappa shape index (κ3) is 4.90. The smallest absolute Gasteiger partial charge is 0.416 e. The van der Waals surface area contributed by atoms with Crippen LogP contribution in [0.5, 0.6) is 5.75 Å². The maximum absolute atomic E-state index is 13.1. The van der Waals surface area contributed by atoms with Crippen molar-refractivity contribution in [1.29, 1.82) is 0 Å². The average molecular weight is 501 g/mol. The highest BCUT2D eigenvalue weighted by molar-refractivity contribution is 6.53. The molecule has 178 valence electrons. The number of esters is 1. The molecule has 10 heteroatoms. The molecule has 0 atom stereocenters. The number of hydrogen-bond donors (Lipinski definition) is 1. The lowest BCUT2D eigenvalue weighted by molar-refractivity contribution is -0.137. The molecule has 3 aromatic rings. The summed E-state index contributed by atoms with van der Waals surface area (Å²) in [5, 5.41) is 2.23. The lowest BCUT2D eigenvalue weighted by Gasteiger charge is -2.17. The van der Waals surface area contributed by atoms with Gasteiger partial charge in [0.15, 0.2) is 0 Å². The Kier molecular flexibility index (Phi) is 6.36. The minimum atomic E-state index is -4.65. The predicted octanol–water partition coefficient (Wildman–Crippen LogP) is 5.67. The van der Waals surface area contributed by atoms with Crippen LogP contribution in [-0.4, -0.2) is 17.8 Å². The summed E-state index contributed by atoms with van der Waals surface area (Å²) in [6, 6.07) is 16.7. The monoisotopic (exact) mass is 500 g/mol. The molecule has 0 radical (unpaired) electrons. The van der Waals surface area contributed by atoms with Crippen LogP contribution in [0.15, 0.2) is 83.5 Å². The molecule has 6 nitrogen and oxygen atoms in total. The van der Waals surface area contributed by atoms with Gasteiger partial charge < -0.3 is 10.1 Å². The molecular weight excluding hydrogens is 485 g/mol. The summed E-state index contributed by atoms with van der Waals surface area (Å²) >= 11 is 6.04. The molecule has 0 saturated carbocycles. The Hall–Kier alpha value is -4.11. The highest BCUT2D eigenvalue weighted by Gasteiger charge is 2.40. The Bertz CT molecular complexity index is 1370. The third-order valence-corrected chi connectivity index (χ3v) is 5.50. The number of rotatable bonds is 5. The minimum absolute atomic E-state index is 0.235. The molecule has 4 rings (SSSR count). The zero-order valence-electron chi connectivity index (χ0n) is 18.0. The summed E-state index contributed by atoms with van der Waals surface area (Å²) in [6.07, 6.45) is -4.65. The van der Waals surface area contributed by atoms with E-state index in [2.05, 4.69) is 5.32 Å². The summed E-state index contributed by atoms with van der Waals surface area (Å²) < 4.78 is 44.5. The van der Waals surface area contributed by atoms with Gasteiger partial charge in [-0.25, -0.2) is 9.69 Å². The highest BCUT2D eigenvalue weighted by Crippen LogP contribution is 2.35. The number of benzene rings is 3. The van der Waals surface area contributed by atoms with Crippen molar-refractivity contribution in [3.8, 4) is 5.75 Å². The van der Waals surface area contributed by atoms with Gasteiger partial charge in [0, 0.05) is 5.69 Å². The Balaban J connectivity index is 1.50. The third-order valence-electron chi connectivity index (χ3n) is 5.15. The largest absolute Gasteiger partial charge is 0.423 e. The normalized spacial score (nSPS) is 13.9. The number of anilines is 2. The molecule has 35 heavy (non-hydrogen) atoms. The number of nitrogens with one attached hydrogen (secondary N) is 1. The van der Waals surface area contributed by atoms with Crippen LogP contribution in [0.4, 0.5) is 24.5 Å². The molecule has 2 amide bonds. The van der Waals surface area contributed by atoms with E-state index in [1.165, 1.54) is 30.3 Å². The van der Waals surface area contributed by atoms with E-state index in [0.29, 0.717) is 22.4 Å². The maximum atomic E-state index is 13.1. The van der Waals surface area contributed by atoms with Gasteiger partial charge in [-0.1, -0.05) is 35.9 Å². The first-order chi connectivity index (χ1) is 16.6. The quantitative estimate of drug-likeness (QED) is 0.277. The second kappa shape index (κ2) is 9.27. The van der Waals surface area contributed by atoms with Gasteiger partial charge in [-0.15, -0.1) is 0 Å². The molecule has 0 unspecified atom stereocenters. The van der Waals surface area contributed by atoms with Crippen LogP contribution in [0.1, 0.15) is 21.5 Å². The number of amides is 2. The lowest BCUT2D eigenvalue weighted by Crippen LogP contribution is -2.32. The molecule has 0 bridgehead atoms. The number of halogens is 4. The number of carbonyl (C=O) groups excluding carboxylic acids is 3. The van der Waals surface area contributed by atoms with Gasteiger partial charge in [0.2, 0.25) is 0 Å². The number of nitrogens with zero attached hydrogens (tertiary/aromatic N) is 1. The average Bonchev–Trinajstić information content (AvgIpc) is 3.03. The van der Waals surface area contributed by atoms with E-state index >= 15 is 0 Å². The van der Waals surface area contributed by atoms with Crippen LogP contribution < -0.4 is 15.0 Å². The van der Waals surface area contributed by atoms with Gasteiger partial charge in [-0.3, -0.25) is 9.59 Å². The maximum Gasteiger partial charge on any atom is 0.416 e. The van der Waals surface area contributed by atoms with Crippen molar-refractivity contribution in [1.82, 2.24) is 0 Å². The standard InChI is InChI=1S/C25H16ClF3N2O4/c1-14-5-2-3-8-19(14)35-24(34)15-9-11-17(12-10-15)30-21-20(26)22(32)31(23(21)33)18-7-4-6-16(13-18)25(27,28)29/h2-13,30H,1H3. The van der Waals surface area contributed by atoms with E-state index < -0.39 is 34.6 Å². The van der Waals surface area contributed by atoms with Gasteiger partial charge >= 0.3 is 12.1 Å². The summed E-state index contributed by atoms with van der Waals surface area (Å²) in [5.41, 5.74) is -0.240. The molecular formula is C25H16ClF3N2O4. The molecule has 0 spiro atoms. The molecule has 1 aliphatic heterocycles. The van der Waals surface area contributed by atoms with E-state index in [9.17, 15) is 27.6 Å². The zero-order valence-corrected chi connectivity index (χ0v) is 18.8. The molecule has 0 fully saturated rings. The van der Waals surface area contributed by atoms with Gasteiger partial charge in [0.25, 0.3) is 11.8 Å². The molecule has 0 aromatic heterocycles. The van der Waals surface area contributed by atoms with Crippen LogP contribution >= 0.6 is 11.6 Å². The fourth-order valence-corrected chi connectivity index (χ4v) is 3.54. The van der Waals surface area contributed by atoms with Gasteiger partial charge in [-0.05, 0) is 61.0 Å². The van der Waals surface area contributed by atoms with Crippen molar-refractivity contribution in [3.63, 3.8) is 0 Å². The van der Waals surface area contributed by atoms with Crippen molar-refractivity contribution in [2.24, 2.45) is 0 Å². The summed E-state index contributed by atoms with van der Waals surface area (Å²) in [7, 11) is 0. The lowest BCUT2D eigenvalue weighted by atomic mass is 10.2. The van der Waals surface area contributed by atoms with Crippen molar-refractivity contribution in [3.05, 3.63) is 100 Å². The summed E-state index contributed by atoms with van der Waals surface area (Å²) in [6.45, 7) is 1.80. The Labute approximate surface area is 202 Å². The van der Waals surface area contributed by atoms with Crippen molar-refractivity contribution in [2.75, 3.05) is 10.2 Å². The van der Waals surface area contributed by atoms with E-state index in [1.807, 2.05) is 6.07 Å². The van der Waals surface area contributed by atoms with Crippen molar-refractivity contribution in [2.45, 2.75) is 13.1 Å². The number of ether oxygens (including phenoxy) is 1. The van der Waals surface area contributed by atoms with Gasteiger partial charge in [0.05, 0.1) is 16.8 Å². The van der Waals surface area contributed by atoms with Crippen LogP contribution in [0, 0.1) is 6.92 Å². The minimum Gasteiger partial charge on any atom is -0.423 e. The second-order valence-electron chi connectivity index (χ2n) is 7.54. The van der Waals surface area contributed by atoms with E-state index in [4.69, 9.17) is 16.3 Å². The van der Waals surface area contributed by atoms with Gasteiger partial charge in [-0.2, -0.15) is 13.2 Å². The van der Waals surface area contributed by atoms with Crippen molar-refractivity contribution < 1.29 is 32.3 Å². The molecule has 3 aromatic carbocycles. The fourth-order valence-electron chi connectivity index (χ4n) is 3.33. The zero-order chi connectivity index (χ0) is 25.3. The molecule has 0 saturated heterocycles. The van der Waals surface area contributed by atoms with E-state index in [1.54, 1.807) is 25.1 Å². The Morgan fingerprint density at radius 1 is 0.943 bits per heavy atom. The second-order valence-corrected chi connectivity index (χ2v) is 7.92. The summed E-state index contributed by atoms with van der Waals surface area (Å²) in [5.74, 6) is -2.05. The van der Waals surface area contributed by atoms with E-state index in [-0.39, 0.29) is 16.9 Å². The SMILES string of the molecule is Cc1ccccc1OC(=O)c1ccc(NC2=C(Cl)C(=O)N(c3cccc(C(F)(F)F)c3)C2=O)cc1. The Morgan fingerprint density at radius 2 is 1.63 bits per heavy atom. The van der Waals surface area contributed by atoms with Crippen molar-refractivity contribution >= 4 is 40.8 Å². The fraction of sp³-hybridized carbons (Fsp3) is 0.0800. The van der Waals surface area contributed by atoms with E-state index in [0.717, 1.165) is 17.7 Å². The Morgan fingerprint density at radius 3 is 2.29 bits per heavy atom. The van der Waals surface area contributed by atoms with Gasteiger partial charge in [0.1, 0.15) is 16.5 Å². The molecule has 1 aliphatic rings. The first-order valence-corrected chi connectivity index (χ1v) is 10.5. The number of imide groups is 1. The number of aryl methyl sites for hydroxylation is 1. The molecule has 1 heterocycles. The number of alkyl halides is 3. The van der Waals surface area contributed by atoms with Crippen LogP contribution in [0.25, 0.3) is 0 Å². The summed E-state index contributed by atoms with van der Waals surface area (Å²) in [4.78, 5) is 38.4. The topological polar surface area (TPSA) is 75.7 Å². The number of hydrogen-bond acceptors (Lipinski definition) is 5. The molecule has 1 N–H and O–H groups in total. The van der Waals surface area contributed by atoms with Crippen LogP contribution in [-0.2, 0) is 15.8 Å². The first kappa shape index (κ1) is 24.0. The first-order valence-electron chi connectivity index (χ1n) is 10.2. The van der Waals surface area contributed by atoms with Crippen LogP contribution in [0.3, 0.4) is 0 Å². The highest BCUT2D eigenvalue weighted by atomic mass is 35.5. The predicted molar refractivity (Wildman–Crippen MR) is 123 cm³/mol. The number of carbonyl (C=O) groups is 3. The van der Waals surface area contributed by atoms with Crippen LogP contribution in [0.2, 0.25) is 0 Å².